The first kappa shape index (κ1) is 19.3. The van der Waals surface area contributed by atoms with Crippen LogP contribution in [0.5, 0.6) is 11.5 Å². The summed E-state index contributed by atoms with van der Waals surface area (Å²) >= 11 is 0. The lowest BCUT2D eigenvalue weighted by Gasteiger charge is -2.34. The van der Waals surface area contributed by atoms with Gasteiger partial charge in [-0.05, 0) is 49.2 Å². The minimum Gasteiger partial charge on any atom is -0.457 e. The van der Waals surface area contributed by atoms with Crippen LogP contribution in [0.3, 0.4) is 0 Å². The number of amides is 3. The van der Waals surface area contributed by atoms with E-state index in [1.165, 1.54) is 0 Å². The van der Waals surface area contributed by atoms with Crippen molar-refractivity contribution in [3.63, 3.8) is 0 Å². The van der Waals surface area contributed by atoms with Gasteiger partial charge in [0.05, 0.1) is 6.54 Å². The summed E-state index contributed by atoms with van der Waals surface area (Å²) in [5.41, 5.74) is 0.724. The van der Waals surface area contributed by atoms with Crippen molar-refractivity contribution in [3.05, 3.63) is 54.6 Å². The molecule has 0 unspecified atom stereocenters. The molecule has 0 spiro atoms. The van der Waals surface area contributed by atoms with E-state index in [2.05, 4.69) is 15.5 Å². The Kier molecular flexibility index (Phi) is 5.95. The van der Waals surface area contributed by atoms with E-state index in [-0.39, 0.29) is 11.9 Å². The van der Waals surface area contributed by atoms with Crippen LogP contribution in [-0.4, -0.2) is 60.5 Å². The van der Waals surface area contributed by atoms with Crippen molar-refractivity contribution in [2.45, 2.75) is 18.9 Å². The first-order valence-corrected chi connectivity index (χ1v) is 10.1. The number of urea groups is 1. The number of nitrogens with one attached hydrogen (secondary N) is 2. The molecule has 1 aliphatic carbocycles. The van der Waals surface area contributed by atoms with Gasteiger partial charge >= 0.3 is 6.03 Å². The third-order valence-electron chi connectivity index (χ3n) is 5.05. The molecule has 0 radical (unpaired) electrons. The minimum absolute atomic E-state index is 0.0863. The molecule has 2 aromatic rings. The number of carbonyl (C=O) groups excluding carboxylic acids is 2. The van der Waals surface area contributed by atoms with Gasteiger partial charge in [-0.2, -0.15) is 0 Å². The fourth-order valence-electron chi connectivity index (χ4n) is 3.25. The van der Waals surface area contributed by atoms with Crippen LogP contribution >= 0.6 is 0 Å². The van der Waals surface area contributed by atoms with Gasteiger partial charge in [0, 0.05) is 37.9 Å². The number of hydrogen-bond acceptors (Lipinski definition) is 4. The zero-order valence-corrected chi connectivity index (χ0v) is 16.3. The van der Waals surface area contributed by atoms with E-state index >= 15 is 0 Å². The Balaban J connectivity index is 1.21. The van der Waals surface area contributed by atoms with Gasteiger partial charge in [-0.15, -0.1) is 0 Å². The summed E-state index contributed by atoms with van der Waals surface area (Å²) in [4.78, 5) is 28.3. The minimum atomic E-state index is -0.121. The molecule has 29 heavy (non-hydrogen) atoms. The van der Waals surface area contributed by atoms with Crippen LogP contribution in [0.1, 0.15) is 12.8 Å². The highest BCUT2D eigenvalue weighted by molar-refractivity contribution is 5.89. The van der Waals surface area contributed by atoms with Crippen LogP contribution in [0.15, 0.2) is 54.6 Å². The molecule has 3 amide bonds. The maximum absolute atomic E-state index is 12.5. The highest BCUT2D eigenvalue weighted by Gasteiger charge is 2.26. The van der Waals surface area contributed by atoms with E-state index in [1.807, 2.05) is 54.6 Å². The lowest BCUT2D eigenvalue weighted by molar-refractivity contribution is -0.122. The Labute approximate surface area is 170 Å². The number of nitrogens with zero attached hydrogens (tertiary/aromatic N) is 2. The van der Waals surface area contributed by atoms with Gasteiger partial charge in [-0.25, -0.2) is 4.79 Å². The molecular formula is C22H26N4O3. The van der Waals surface area contributed by atoms with E-state index in [0.717, 1.165) is 24.3 Å². The zero-order valence-electron chi connectivity index (χ0n) is 16.3. The Morgan fingerprint density at radius 3 is 2.21 bits per heavy atom. The van der Waals surface area contributed by atoms with Gasteiger partial charge in [0.25, 0.3) is 0 Å². The maximum Gasteiger partial charge on any atom is 0.321 e. The fraction of sp³-hybridized carbons (Fsp3) is 0.364. The van der Waals surface area contributed by atoms with Crippen LogP contribution in [0.25, 0.3) is 0 Å². The average Bonchev–Trinajstić information content (AvgIpc) is 3.54. The Hall–Kier alpha value is -3.06. The third kappa shape index (κ3) is 5.71. The van der Waals surface area contributed by atoms with Gasteiger partial charge in [-0.1, -0.05) is 18.2 Å². The van der Waals surface area contributed by atoms with Crippen LogP contribution in [0, 0.1) is 0 Å². The number of carbonyl (C=O) groups is 2. The zero-order chi connectivity index (χ0) is 20.1. The van der Waals surface area contributed by atoms with Crippen molar-refractivity contribution in [1.82, 2.24) is 15.1 Å². The molecule has 2 N–H and O–H groups in total. The van der Waals surface area contributed by atoms with Gasteiger partial charge in [0.2, 0.25) is 5.91 Å². The second-order valence-electron chi connectivity index (χ2n) is 7.47. The Bertz CT molecular complexity index is 829. The average molecular weight is 394 g/mol. The van der Waals surface area contributed by atoms with Crippen molar-refractivity contribution in [2.24, 2.45) is 0 Å². The largest absolute Gasteiger partial charge is 0.457 e. The Morgan fingerprint density at radius 1 is 0.897 bits per heavy atom. The molecule has 1 saturated carbocycles. The first-order valence-electron chi connectivity index (χ1n) is 10.1. The molecule has 7 heteroatoms. The number of benzene rings is 2. The summed E-state index contributed by atoms with van der Waals surface area (Å²) in [5, 5.41) is 5.93. The smallest absolute Gasteiger partial charge is 0.321 e. The van der Waals surface area contributed by atoms with E-state index in [1.54, 1.807) is 4.90 Å². The summed E-state index contributed by atoms with van der Waals surface area (Å²) in [6.45, 7) is 3.04. The SMILES string of the molecule is O=C(CN1CCN(C(=O)Nc2ccc(Oc3ccccc3)cc2)CC1)NC1CC1. The van der Waals surface area contributed by atoms with Gasteiger partial charge in [0.15, 0.2) is 0 Å². The van der Waals surface area contributed by atoms with E-state index in [0.29, 0.717) is 44.5 Å². The van der Waals surface area contributed by atoms with Crippen LogP contribution in [-0.2, 0) is 4.79 Å². The van der Waals surface area contributed by atoms with Crippen molar-refractivity contribution in [2.75, 3.05) is 38.0 Å². The molecule has 2 aliphatic rings. The van der Waals surface area contributed by atoms with Gasteiger partial charge < -0.3 is 20.3 Å². The predicted molar refractivity (Wildman–Crippen MR) is 111 cm³/mol. The van der Waals surface area contributed by atoms with Gasteiger partial charge in [0.1, 0.15) is 11.5 Å². The monoisotopic (exact) mass is 394 g/mol. The molecule has 2 aromatic carbocycles. The number of para-hydroxylation sites is 1. The van der Waals surface area contributed by atoms with Crippen LogP contribution < -0.4 is 15.4 Å². The number of piperazine rings is 1. The highest BCUT2D eigenvalue weighted by Crippen LogP contribution is 2.23. The van der Waals surface area contributed by atoms with E-state index in [9.17, 15) is 9.59 Å². The molecule has 0 atom stereocenters. The summed E-state index contributed by atoms with van der Waals surface area (Å²) in [5.74, 6) is 1.57. The molecule has 0 aromatic heterocycles. The number of ether oxygens (including phenoxy) is 1. The van der Waals surface area contributed by atoms with Crippen molar-refractivity contribution < 1.29 is 14.3 Å². The lowest BCUT2D eigenvalue weighted by Crippen LogP contribution is -2.52. The lowest BCUT2D eigenvalue weighted by atomic mass is 10.3. The summed E-state index contributed by atoms with van der Waals surface area (Å²) < 4.78 is 5.76. The number of rotatable bonds is 6. The molecule has 7 nitrogen and oxygen atoms in total. The topological polar surface area (TPSA) is 73.9 Å². The summed E-state index contributed by atoms with van der Waals surface area (Å²) in [6, 6.07) is 17.2. The molecule has 1 aliphatic heterocycles. The number of hydrogen-bond donors (Lipinski definition) is 2. The predicted octanol–water partition coefficient (Wildman–Crippen LogP) is 2.91. The molecule has 152 valence electrons. The molecular weight excluding hydrogens is 368 g/mol. The maximum atomic E-state index is 12.5. The van der Waals surface area contributed by atoms with Crippen molar-refractivity contribution in [3.8, 4) is 11.5 Å². The highest BCUT2D eigenvalue weighted by atomic mass is 16.5. The fourth-order valence-corrected chi connectivity index (χ4v) is 3.25. The standard InChI is InChI=1S/C22H26N4O3/c27-21(23-17-6-7-17)16-25-12-14-26(15-13-25)22(28)24-18-8-10-20(11-9-18)29-19-4-2-1-3-5-19/h1-5,8-11,17H,6-7,12-16H2,(H,23,27)(H,24,28). The Morgan fingerprint density at radius 2 is 1.55 bits per heavy atom. The third-order valence-corrected chi connectivity index (χ3v) is 5.05. The molecule has 2 fully saturated rings. The van der Waals surface area contributed by atoms with Gasteiger partial charge in [-0.3, -0.25) is 9.69 Å². The molecule has 1 saturated heterocycles. The van der Waals surface area contributed by atoms with Crippen molar-refractivity contribution in [1.29, 1.82) is 0 Å². The summed E-state index contributed by atoms with van der Waals surface area (Å²) in [7, 11) is 0. The van der Waals surface area contributed by atoms with Crippen LogP contribution in [0.2, 0.25) is 0 Å². The molecule has 4 rings (SSSR count). The normalized spacial score (nSPS) is 16.9. The number of anilines is 1. The molecule has 1 heterocycles. The van der Waals surface area contributed by atoms with E-state index in [4.69, 9.17) is 4.74 Å². The van der Waals surface area contributed by atoms with Crippen LogP contribution in [0.4, 0.5) is 10.5 Å². The van der Waals surface area contributed by atoms with Crippen molar-refractivity contribution >= 4 is 17.6 Å². The second-order valence-corrected chi connectivity index (χ2v) is 7.47. The summed E-state index contributed by atoms with van der Waals surface area (Å²) in [6.07, 6.45) is 2.19. The second kappa shape index (κ2) is 8.96. The first-order chi connectivity index (χ1) is 14.2. The van der Waals surface area contributed by atoms with E-state index < -0.39 is 0 Å². The molecule has 0 bridgehead atoms. The quantitative estimate of drug-likeness (QED) is 0.790.